The van der Waals surface area contributed by atoms with Crippen molar-refractivity contribution >= 4 is 0 Å². The van der Waals surface area contributed by atoms with Gasteiger partial charge in [-0.3, -0.25) is 0 Å². The van der Waals surface area contributed by atoms with Crippen molar-refractivity contribution in [3.8, 4) is 0 Å². The number of aliphatic hydroxyl groups excluding tert-OH is 1. The van der Waals surface area contributed by atoms with Gasteiger partial charge in [0.15, 0.2) is 0 Å². The van der Waals surface area contributed by atoms with Crippen LogP contribution in [0.1, 0.15) is 46.5 Å². The largest absolute Gasteiger partial charge is 0.393 e. The molecule has 1 nitrogen and oxygen atoms in total. The highest BCUT2D eigenvalue weighted by molar-refractivity contribution is 5.21. The van der Waals surface area contributed by atoms with Gasteiger partial charge in [0.25, 0.3) is 0 Å². The molecular weight excluding hydrogens is 196 g/mol. The van der Waals surface area contributed by atoms with Crippen molar-refractivity contribution in [3.63, 3.8) is 0 Å². The van der Waals surface area contributed by atoms with E-state index < -0.39 is 0 Å². The smallest absolute Gasteiger partial charge is 0.0602 e. The highest BCUT2D eigenvalue weighted by atomic mass is 16.3. The summed E-state index contributed by atoms with van der Waals surface area (Å²) in [5, 5.41) is 10.2. The fourth-order valence-electron chi connectivity index (χ4n) is 3.85. The first-order valence-corrected chi connectivity index (χ1v) is 6.46. The van der Waals surface area contributed by atoms with Crippen LogP contribution < -0.4 is 0 Å². The van der Waals surface area contributed by atoms with Crippen LogP contribution in [0.4, 0.5) is 0 Å². The van der Waals surface area contributed by atoms with Gasteiger partial charge in [-0.2, -0.15) is 0 Å². The molecule has 0 heterocycles. The van der Waals surface area contributed by atoms with Crippen LogP contribution in [-0.4, -0.2) is 11.2 Å². The predicted molar refractivity (Wildman–Crippen MR) is 68.1 cm³/mol. The van der Waals surface area contributed by atoms with E-state index in [1.165, 1.54) is 17.6 Å². The SMILES string of the molecule is C=C1CC[C@@H](O)[C@]2(C)CCC(C=C(C)C)C12. The van der Waals surface area contributed by atoms with Gasteiger partial charge < -0.3 is 5.11 Å². The summed E-state index contributed by atoms with van der Waals surface area (Å²) in [6.07, 6.45) is 6.54. The van der Waals surface area contributed by atoms with Crippen LogP contribution >= 0.6 is 0 Å². The standard InChI is InChI=1S/C15H24O/c1-10(2)9-12-7-8-15(4)13(16)6-5-11(3)14(12)15/h9,12-14,16H,3,5-8H2,1-2,4H3/t12?,13-,14?,15+/m1/s1. The minimum Gasteiger partial charge on any atom is -0.393 e. The quantitative estimate of drug-likeness (QED) is 0.668. The minimum absolute atomic E-state index is 0.0892. The molecule has 1 heteroatoms. The van der Waals surface area contributed by atoms with E-state index in [0.29, 0.717) is 11.8 Å². The van der Waals surface area contributed by atoms with Crippen molar-refractivity contribution in [2.75, 3.05) is 0 Å². The van der Waals surface area contributed by atoms with Gasteiger partial charge in [-0.05, 0) is 51.4 Å². The highest BCUT2D eigenvalue weighted by Gasteiger charge is 2.51. The maximum absolute atomic E-state index is 10.2. The van der Waals surface area contributed by atoms with E-state index in [1.54, 1.807) is 0 Å². The van der Waals surface area contributed by atoms with Gasteiger partial charge in [0.1, 0.15) is 0 Å². The van der Waals surface area contributed by atoms with E-state index in [1.807, 2.05) is 0 Å². The van der Waals surface area contributed by atoms with Gasteiger partial charge in [-0.15, -0.1) is 0 Å². The molecule has 2 aliphatic rings. The Bertz CT molecular complexity index is 324. The zero-order valence-electron chi connectivity index (χ0n) is 10.8. The number of rotatable bonds is 1. The van der Waals surface area contributed by atoms with Crippen molar-refractivity contribution < 1.29 is 5.11 Å². The number of hydrogen-bond donors (Lipinski definition) is 1. The van der Waals surface area contributed by atoms with E-state index in [4.69, 9.17) is 0 Å². The molecule has 0 spiro atoms. The Morgan fingerprint density at radius 1 is 1.44 bits per heavy atom. The van der Waals surface area contributed by atoms with Crippen LogP contribution in [0.2, 0.25) is 0 Å². The molecule has 2 rings (SSSR count). The Hall–Kier alpha value is -0.560. The highest BCUT2D eigenvalue weighted by Crippen LogP contribution is 2.56. The van der Waals surface area contributed by atoms with Crippen molar-refractivity contribution in [3.05, 3.63) is 23.8 Å². The van der Waals surface area contributed by atoms with E-state index >= 15 is 0 Å². The van der Waals surface area contributed by atoms with Crippen LogP contribution in [0.25, 0.3) is 0 Å². The molecular formula is C15H24O. The van der Waals surface area contributed by atoms with Crippen molar-refractivity contribution in [2.45, 2.75) is 52.6 Å². The molecule has 2 aliphatic carbocycles. The van der Waals surface area contributed by atoms with Crippen LogP contribution in [-0.2, 0) is 0 Å². The molecule has 0 aromatic carbocycles. The van der Waals surface area contributed by atoms with Gasteiger partial charge >= 0.3 is 0 Å². The first-order valence-electron chi connectivity index (χ1n) is 6.46. The minimum atomic E-state index is -0.126. The maximum Gasteiger partial charge on any atom is 0.0602 e. The van der Waals surface area contributed by atoms with E-state index in [0.717, 1.165) is 19.3 Å². The van der Waals surface area contributed by atoms with Gasteiger partial charge in [0, 0.05) is 5.41 Å². The fourth-order valence-corrected chi connectivity index (χ4v) is 3.85. The summed E-state index contributed by atoms with van der Waals surface area (Å²) in [4.78, 5) is 0. The Morgan fingerprint density at radius 2 is 2.12 bits per heavy atom. The molecule has 0 bridgehead atoms. The van der Waals surface area contributed by atoms with Crippen molar-refractivity contribution in [1.82, 2.24) is 0 Å². The Kier molecular flexibility index (Phi) is 3.00. The lowest BCUT2D eigenvalue weighted by atomic mass is 9.64. The third kappa shape index (κ3) is 1.75. The van der Waals surface area contributed by atoms with Crippen molar-refractivity contribution in [2.24, 2.45) is 17.3 Å². The summed E-state index contributed by atoms with van der Waals surface area (Å²) < 4.78 is 0. The number of fused-ring (bicyclic) bond motifs is 1. The predicted octanol–water partition coefficient (Wildman–Crippen LogP) is 3.70. The average molecular weight is 220 g/mol. The maximum atomic E-state index is 10.2. The lowest BCUT2D eigenvalue weighted by molar-refractivity contribution is -0.00816. The molecule has 0 saturated heterocycles. The summed E-state index contributed by atoms with van der Waals surface area (Å²) in [7, 11) is 0. The molecule has 4 atom stereocenters. The van der Waals surface area contributed by atoms with Gasteiger partial charge in [-0.25, -0.2) is 0 Å². The summed E-state index contributed by atoms with van der Waals surface area (Å²) in [5.74, 6) is 1.11. The molecule has 0 amide bonds. The number of allylic oxidation sites excluding steroid dienone is 3. The van der Waals surface area contributed by atoms with Gasteiger partial charge in [0.05, 0.1) is 6.10 Å². The van der Waals surface area contributed by atoms with Crippen LogP contribution in [0.5, 0.6) is 0 Å². The van der Waals surface area contributed by atoms with Crippen LogP contribution in [0.15, 0.2) is 23.8 Å². The van der Waals surface area contributed by atoms with E-state index in [2.05, 4.69) is 33.4 Å². The fraction of sp³-hybridized carbons (Fsp3) is 0.733. The Labute approximate surface area is 99.3 Å². The second kappa shape index (κ2) is 4.03. The zero-order valence-corrected chi connectivity index (χ0v) is 10.8. The number of hydrogen-bond acceptors (Lipinski definition) is 1. The van der Waals surface area contributed by atoms with Crippen molar-refractivity contribution in [1.29, 1.82) is 0 Å². The molecule has 2 saturated carbocycles. The second-order valence-electron chi connectivity index (χ2n) is 6.14. The lowest BCUT2D eigenvalue weighted by Crippen LogP contribution is -2.41. The first-order chi connectivity index (χ1) is 7.45. The molecule has 16 heavy (non-hydrogen) atoms. The molecule has 0 radical (unpaired) electrons. The molecule has 90 valence electrons. The molecule has 0 aromatic rings. The lowest BCUT2D eigenvalue weighted by Gasteiger charge is -2.43. The second-order valence-corrected chi connectivity index (χ2v) is 6.14. The Morgan fingerprint density at radius 3 is 2.75 bits per heavy atom. The molecule has 0 aliphatic heterocycles. The summed E-state index contributed by atoms with van der Waals surface area (Å²) in [5.41, 5.74) is 2.85. The molecule has 2 unspecified atom stereocenters. The van der Waals surface area contributed by atoms with E-state index in [-0.39, 0.29) is 11.5 Å². The summed E-state index contributed by atoms with van der Waals surface area (Å²) >= 11 is 0. The summed E-state index contributed by atoms with van der Waals surface area (Å²) in [6.45, 7) is 10.8. The van der Waals surface area contributed by atoms with Gasteiger partial charge in [-0.1, -0.05) is 30.7 Å². The summed E-state index contributed by atoms with van der Waals surface area (Å²) in [6, 6.07) is 0. The molecule has 2 fully saturated rings. The number of aliphatic hydroxyl groups is 1. The molecule has 1 N–H and O–H groups in total. The van der Waals surface area contributed by atoms with Crippen LogP contribution in [0.3, 0.4) is 0 Å². The normalized spacial score (nSPS) is 43.0. The Balaban J connectivity index is 2.30. The molecule has 0 aromatic heterocycles. The monoisotopic (exact) mass is 220 g/mol. The first kappa shape index (κ1) is 11.9. The average Bonchev–Trinajstić information content (AvgIpc) is 2.52. The van der Waals surface area contributed by atoms with Gasteiger partial charge in [0.2, 0.25) is 0 Å². The van der Waals surface area contributed by atoms with E-state index in [9.17, 15) is 5.11 Å². The zero-order chi connectivity index (χ0) is 11.9. The van der Waals surface area contributed by atoms with Crippen LogP contribution in [0, 0.1) is 17.3 Å². The third-order valence-corrected chi connectivity index (χ3v) is 4.64. The topological polar surface area (TPSA) is 20.2 Å². The third-order valence-electron chi connectivity index (χ3n) is 4.64.